The molecule has 1 heterocycles. The monoisotopic (exact) mass is 250 g/mol. The van der Waals surface area contributed by atoms with E-state index in [2.05, 4.69) is 15.6 Å². The molecule has 0 unspecified atom stereocenters. The van der Waals surface area contributed by atoms with Crippen LogP contribution in [0.3, 0.4) is 0 Å². The van der Waals surface area contributed by atoms with Crippen LogP contribution in [0.1, 0.15) is 5.69 Å². The normalized spacial score (nSPS) is 9.28. The second-order valence-electron chi connectivity index (χ2n) is 3.15. The molecule has 4 N–H and O–H groups in total. The van der Waals surface area contributed by atoms with Gasteiger partial charge in [-0.2, -0.15) is 5.26 Å². The lowest BCUT2D eigenvalue weighted by atomic mass is 10.3. The van der Waals surface area contributed by atoms with Crippen LogP contribution in [0.5, 0.6) is 0 Å². The fourth-order valence-corrected chi connectivity index (χ4v) is 1.16. The molecule has 9 nitrogen and oxygen atoms in total. The van der Waals surface area contributed by atoms with Crippen molar-refractivity contribution in [1.29, 1.82) is 5.26 Å². The Labute approximate surface area is 102 Å². The summed E-state index contributed by atoms with van der Waals surface area (Å²) in [6.45, 7) is 0.606. The number of carbonyl (C=O) groups is 1. The fourth-order valence-electron chi connectivity index (χ4n) is 1.16. The molecule has 1 aromatic heterocycles. The third kappa shape index (κ3) is 3.60. The van der Waals surface area contributed by atoms with Gasteiger partial charge in [-0.3, -0.25) is 10.1 Å². The van der Waals surface area contributed by atoms with Crippen LogP contribution >= 0.6 is 0 Å². The highest BCUT2D eigenvalue weighted by molar-refractivity contribution is 5.71. The Balaban J connectivity index is 2.66. The van der Waals surface area contributed by atoms with Crippen molar-refractivity contribution in [3.8, 4) is 6.07 Å². The number of nitrogens with two attached hydrogens (primary N) is 1. The summed E-state index contributed by atoms with van der Waals surface area (Å²) < 4.78 is 0. The van der Waals surface area contributed by atoms with Crippen molar-refractivity contribution in [3.63, 3.8) is 0 Å². The first kappa shape index (κ1) is 13.2. The minimum absolute atomic E-state index is 0.270. The van der Waals surface area contributed by atoms with Gasteiger partial charge in [-0.1, -0.05) is 0 Å². The molecule has 0 aromatic carbocycles. The zero-order chi connectivity index (χ0) is 13.5. The first-order valence-corrected chi connectivity index (χ1v) is 4.87. The molecule has 2 amide bonds. The van der Waals surface area contributed by atoms with Gasteiger partial charge in [0, 0.05) is 19.2 Å². The number of anilines is 1. The number of nitriles is 1. The van der Waals surface area contributed by atoms with Gasteiger partial charge in [-0.05, 0) is 6.07 Å². The van der Waals surface area contributed by atoms with Crippen molar-refractivity contribution in [3.05, 3.63) is 27.9 Å². The number of pyridine rings is 1. The molecule has 1 aromatic rings. The Morgan fingerprint density at radius 2 is 2.28 bits per heavy atom. The Kier molecular flexibility index (Phi) is 4.39. The van der Waals surface area contributed by atoms with E-state index in [-0.39, 0.29) is 17.9 Å². The summed E-state index contributed by atoms with van der Waals surface area (Å²) in [4.78, 5) is 24.0. The molecule has 0 aliphatic carbocycles. The van der Waals surface area contributed by atoms with Crippen LogP contribution < -0.4 is 16.4 Å². The highest BCUT2D eigenvalue weighted by atomic mass is 16.6. The quantitative estimate of drug-likeness (QED) is 0.379. The molecule has 0 spiro atoms. The summed E-state index contributed by atoms with van der Waals surface area (Å²) in [6.07, 6.45) is 0. The Morgan fingerprint density at radius 3 is 2.83 bits per heavy atom. The molecule has 0 saturated carbocycles. The van der Waals surface area contributed by atoms with E-state index in [9.17, 15) is 14.9 Å². The number of hydrogen-bond acceptors (Lipinski definition) is 6. The maximum atomic E-state index is 10.6. The van der Waals surface area contributed by atoms with Crippen molar-refractivity contribution in [2.75, 3.05) is 18.4 Å². The largest absolute Gasteiger partial charge is 0.368 e. The first-order valence-electron chi connectivity index (χ1n) is 4.87. The summed E-state index contributed by atoms with van der Waals surface area (Å²) in [7, 11) is 0. The van der Waals surface area contributed by atoms with Crippen molar-refractivity contribution >= 4 is 17.5 Å². The summed E-state index contributed by atoms with van der Waals surface area (Å²) in [5.41, 5.74) is 4.24. The van der Waals surface area contributed by atoms with E-state index < -0.39 is 11.0 Å². The molecule has 0 saturated heterocycles. The molecule has 0 fully saturated rings. The van der Waals surface area contributed by atoms with Gasteiger partial charge in [0.2, 0.25) is 5.69 Å². The number of primary amides is 1. The molecule has 18 heavy (non-hydrogen) atoms. The van der Waals surface area contributed by atoms with E-state index in [0.717, 1.165) is 0 Å². The lowest BCUT2D eigenvalue weighted by Gasteiger charge is -2.05. The van der Waals surface area contributed by atoms with Crippen LogP contribution in [0.25, 0.3) is 0 Å². The summed E-state index contributed by atoms with van der Waals surface area (Å²) >= 11 is 0. The number of rotatable bonds is 5. The maximum Gasteiger partial charge on any atom is 0.312 e. The zero-order valence-electron chi connectivity index (χ0n) is 9.21. The van der Waals surface area contributed by atoms with Gasteiger partial charge in [0.15, 0.2) is 0 Å². The van der Waals surface area contributed by atoms with Gasteiger partial charge in [0.1, 0.15) is 11.9 Å². The van der Waals surface area contributed by atoms with Gasteiger partial charge in [0.25, 0.3) is 0 Å². The zero-order valence-corrected chi connectivity index (χ0v) is 9.21. The van der Waals surface area contributed by atoms with Gasteiger partial charge < -0.3 is 16.4 Å². The average Bonchev–Trinajstić information content (AvgIpc) is 2.33. The van der Waals surface area contributed by atoms with Crippen LogP contribution in [0, 0.1) is 21.4 Å². The van der Waals surface area contributed by atoms with Crippen LogP contribution in [-0.2, 0) is 0 Å². The first-order chi connectivity index (χ1) is 8.54. The second-order valence-corrected chi connectivity index (χ2v) is 3.15. The van der Waals surface area contributed by atoms with Crippen molar-refractivity contribution < 1.29 is 9.72 Å². The Morgan fingerprint density at radius 1 is 1.56 bits per heavy atom. The van der Waals surface area contributed by atoms with Crippen LogP contribution in [0.4, 0.5) is 16.3 Å². The third-order valence-electron chi connectivity index (χ3n) is 1.91. The van der Waals surface area contributed by atoms with Gasteiger partial charge >= 0.3 is 11.7 Å². The minimum Gasteiger partial charge on any atom is -0.368 e. The number of hydrogen-bond donors (Lipinski definition) is 3. The van der Waals surface area contributed by atoms with Crippen LogP contribution in [0.2, 0.25) is 0 Å². The van der Waals surface area contributed by atoms with E-state index in [0.29, 0.717) is 12.4 Å². The molecule has 0 radical (unpaired) electrons. The molecule has 0 aliphatic rings. The number of aromatic nitrogens is 1. The average molecular weight is 250 g/mol. The van der Waals surface area contributed by atoms with Crippen molar-refractivity contribution in [2.24, 2.45) is 5.73 Å². The SMILES string of the molecule is N#Cc1nc(NCCNC(N)=O)ccc1[N+](=O)[O-]. The molecule has 1 rings (SSSR count). The van der Waals surface area contributed by atoms with E-state index in [4.69, 9.17) is 11.0 Å². The molecular formula is C9H10N6O3. The van der Waals surface area contributed by atoms with Crippen LogP contribution in [-0.4, -0.2) is 29.0 Å². The van der Waals surface area contributed by atoms with Crippen LogP contribution in [0.15, 0.2) is 12.1 Å². The summed E-state index contributed by atoms with van der Waals surface area (Å²) in [6, 6.07) is 3.56. The topological polar surface area (TPSA) is 147 Å². The number of amides is 2. The maximum absolute atomic E-state index is 10.6. The molecule has 9 heteroatoms. The van der Waals surface area contributed by atoms with Crippen molar-refractivity contribution in [2.45, 2.75) is 0 Å². The number of nitrogens with one attached hydrogen (secondary N) is 2. The fraction of sp³-hybridized carbons (Fsp3) is 0.222. The molecule has 94 valence electrons. The van der Waals surface area contributed by atoms with E-state index in [1.54, 1.807) is 6.07 Å². The van der Waals surface area contributed by atoms with E-state index in [1.807, 2.05) is 0 Å². The number of urea groups is 1. The molecule has 0 bridgehead atoms. The second kappa shape index (κ2) is 6.00. The Bertz CT molecular complexity index is 510. The highest BCUT2D eigenvalue weighted by Gasteiger charge is 2.15. The standard InChI is InChI=1S/C9H10N6O3/c10-5-6-7(15(17)18)1-2-8(14-6)12-3-4-13-9(11)16/h1-2H,3-4H2,(H,12,14)(H3,11,13,16). The van der Waals surface area contributed by atoms with Gasteiger partial charge in [0.05, 0.1) is 4.92 Å². The van der Waals surface area contributed by atoms with Gasteiger partial charge in [-0.25, -0.2) is 9.78 Å². The van der Waals surface area contributed by atoms with Gasteiger partial charge in [-0.15, -0.1) is 0 Å². The summed E-state index contributed by atoms with van der Waals surface area (Å²) in [5, 5.41) is 24.4. The summed E-state index contributed by atoms with van der Waals surface area (Å²) in [5.74, 6) is 0.309. The highest BCUT2D eigenvalue weighted by Crippen LogP contribution is 2.17. The van der Waals surface area contributed by atoms with E-state index in [1.165, 1.54) is 12.1 Å². The predicted octanol–water partition coefficient (Wildman–Crippen LogP) is -0.0583. The number of nitrogens with zero attached hydrogens (tertiary/aromatic N) is 3. The smallest absolute Gasteiger partial charge is 0.312 e. The molecular weight excluding hydrogens is 240 g/mol. The minimum atomic E-state index is -0.677. The Hall–Kier alpha value is -2.89. The molecule has 0 atom stereocenters. The number of carbonyl (C=O) groups excluding carboxylic acids is 1. The van der Waals surface area contributed by atoms with Crippen molar-refractivity contribution in [1.82, 2.24) is 10.3 Å². The predicted molar refractivity (Wildman–Crippen MR) is 61.7 cm³/mol. The lowest BCUT2D eigenvalue weighted by Crippen LogP contribution is -2.33. The third-order valence-corrected chi connectivity index (χ3v) is 1.91. The van der Waals surface area contributed by atoms with E-state index >= 15 is 0 Å². The molecule has 0 aliphatic heterocycles. The number of nitro groups is 1. The lowest BCUT2D eigenvalue weighted by molar-refractivity contribution is -0.385.